The van der Waals surface area contributed by atoms with Crippen LogP contribution in [0.5, 0.6) is 0 Å². The Labute approximate surface area is 152 Å². The molecule has 4 heteroatoms. The molecule has 1 aromatic heterocycles. The summed E-state index contributed by atoms with van der Waals surface area (Å²) in [5.74, 6) is -0.0581. The van der Waals surface area contributed by atoms with Gasteiger partial charge >= 0.3 is 0 Å². The zero-order chi connectivity index (χ0) is 17.8. The van der Waals surface area contributed by atoms with Crippen LogP contribution in [0.4, 0.5) is 0 Å². The molecular weight excluding hydrogens is 322 g/mol. The summed E-state index contributed by atoms with van der Waals surface area (Å²) in [7, 11) is 0. The van der Waals surface area contributed by atoms with Crippen molar-refractivity contribution in [1.82, 2.24) is 15.1 Å². The molecule has 0 fully saturated rings. The summed E-state index contributed by atoms with van der Waals surface area (Å²) in [5.41, 5.74) is 2.91. The van der Waals surface area contributed by atoms with Crippen LogP contribution in [0, 0.1) is 0 Å². The number of amides is 1. The number of rotatable bonds is 5. The van der Waals surface area contributed by atoms with Gasteiger partial charge in [-0.3, -0.25) is 9.48 Å². The molecule has 0 saturated heterocycles. The molecule has 26 heavy (non-hydrogen) atoms. The lowest BCUT2D eigenvalue weighted by Crippen LogP contribution is -2.27. The van der Waals surface area contributed by atoms with Gasteiger partial charge in [0.2, 0.25) is 0 Å². The van der Waals surface area contributed by atoms with Crippen molar-refractivity contribution >= 4 is 16.7 Å². The van der Waals surface area contributed by atoms with Crippen molar-refractivity contribution in [2.45, 2.75) is 6.54 Å². The van der Waals surface area contributed by atoms with Crippen LogP contribution in [0.1, 0.15) is 10.4 Å². The van der Waals surface area contributed by atoms with E-state index >= 15 is 0 Å². The normalized spacial score (nSPS) is 10.8. The Balaban J connectivity index is 1.40. The molecule has 0 spiro atoms. The van der Waals surface area contributed by atoms with Gasteiger partial charge in [0.25, 0.3) is 5.91 Å². The minimum atomic E-state index is -0.0581. The first-order chi connectivity index (χ1) is 12.8. The first-order valence-electron chi connectivity index (χ1n) is 8.65. The average molecular weight is 341 g/mol. The highest BCUT2D eigenvalue weighted by molar-refractivity contribution is 6.06. The van der Waals surface area contributed by atoms with Crippen molar-refractivity contribution in [3.8, 4) is 11.1 Å². The molecule has 4 aromatic rings. The quantitative estimate of drug-likeness (QED) is 0.593. The van der Waals surface area contributed by atoms with Gasteiger partial charge in [0.1, 0.15) is 0 Å². The number of hydrogen-bond donors (Lipinski definition) is 1. The van der Waals surface area contributed by atoms with Gasteiger partial charge in [0.05, 0.1) is 12.7 Å². The van der Waals surface area contributed by atoms with Crippen LogP contribution in [-0.4, -0.2) is 22.2 Å². The fourth-order valence-electron chi connectivity index (χ4n) is 3.07. The molecular formula is C22H19N3O. The number of nitrogens with zero attached hydrogens (tertiary/aromatic N) is 2. The van der Waals surface area contributed by atoms with Gasteiger partial charge in [0.15, 0.2) is 0 Å². The van der Waals surface area contributed by atoms with Crippen LogP contribution in [0.3, 0.4) is 0 Å². The van der Waals surface area contributed by atoms with Crippen molar-refractivity contribution in [2.75, 3.05) is 6.54 Å². The van der Waals surface area contributed by atoms with E-state index in [1.54, 1.807) is 0 Å². The van der Waals surface area contributed by atoms with E-state index in [4.69, 9.17) is 0 Å². The van der Waals surface area contributed by atoms with Gasteiger partial charge in [0, 0.05) is 23.9 Å². The van der Waals surface area contributed by atoms with Crippen molar-refractivity contribution in [3.05, 3.63) is 90.8 Å². The largest absolute Gasteiger partial charge is 0.350 e. The molecule has 4 nitrogen and oxygen atoms in total. The molecule has 0 atom stereocenters. The van der Waals surface area contributed by atoms with Gasteiger partial charge in [-0.2, -0.15) is 5.10 Å². The summed E-state index contributed by atoms with van der Waals surface area (Å²) >= 11 is 0. The van der Waals surface area contributed by atoms with Gasteiger partial charge in [-0.1, -0.05) is 66.7 Å². The van der Waals surface area contributed by atoms with E-state index in [0.717, 1.165) is 21.9 Å². The standard InChI is InChI=1S/C22H19N3O/c26-22(21-12-6-10-18-9-4-5-11-20(18)21)23-13-14-25-16-19(15-24-25)17-7-2-1-3-8-17/h1-12,15-16H,13-14H2,(H,23,26). The van der Waals surface area contributed by atoms with Gasteiger partial charge in [-0.25, -0.2) is 0 Å². The van der Waals surface area contributed by atoms with E-state index in [1.165, 1.54) is 0 Å². The zero-order valence-electron chi connectivity index (χ0n) is 14.3. The minimum Gasteiger partial charge on any atom is -0.350 e. The maximum atomic E-state index is 12.5. The second-order valence-corrected chi connectivity index (χ2v) is 6.14. The molecule has 0 aliphatic carbocycles. The van der Waals surface area contributed by atoms with Crippen molar-refractivity contribution in [2.24, 2.45) is 0 Å². The van der Waals surface area contributed by atoms with E-state index < -0.39 is 0 Å². The lowest BCUT2D eigenvalue weighted by molar-refractivity contribution is 0.0953. The van der Waals surface area contributed by atoms with E-state index in [-0.39, 0.29) is 5.91 Å². The number of carbonyl (C=O) groups is 1. The number of nitrogens with one attached hydrogen (secondary N) is 1. The fourth-order valence-corrected chi connectivity index (χ4v) is 3.07. The van der Waals surface area contributed by atoms with Crippen LogP contribution >= 0.6 is 0 Å². The summed E-state index contributed by atoms with van der Waals surface area (Å²) < 4.78 is 1.85. The summed E-state index contributed by atoms with van der Waals surface area (Å²) in [5, 5.41) is 9.41. The first kappa shape index (κ1) is 16.1. The number of fused-ring (bicyclic) bond motifs is 1. The maximum Gasteiger partial charge on any atom is 0.251 e. The van der Waals surface area contributed by atoms with E-state index in [9.17, 15) is 4.79 Å². The summed E-state index contributed by atoms with van der Waals surface area (Å²) in [6.07, 6.45) is 3.85. The van der Waals surface area contributed by atoms with E-state index in [2.05, 4.69) is 22.5 Å². The molecule has 0 bridgehead atoms. The molecule has 0 unspecified atom stereocenters. The van der Waals surface area contributed by atoms with Crippen molar-refractivity contribution < 1.29 is 4.79 Å². The molecule has 1 heterocycles. The Bertz CT molecular complexity index is 1030. The third kappa shape index (κ3) is 3.35. The zero-order valence-corrected chi connectivity index (χ0v) is 14.3. The lowest BCUT2D eigenvalue weighted by Gasteiger charge is -2.08. The Morgan fingerprint density at radius 3 is 2.54 bits per heavy atom. The predicted molar refractivity (Wildman–Crippen MR) is 104 cm³/mol. The van der Waals surface area contributed by atoms with Crippen LogP contribution in [-0.2, 0) is 6.54 Å². The highest BCUT2D eigenvalue weighted by Crippen LogP contribution is 2.19. The number of carbonyl (C=O) groups excluding carboxylic acids is 1. The lowest BCUT2D eigenvalue weighted by atomic mass is 10.0. The summed E-state index contributed by atoms with van der Waals surface area (Å²) in [6.45, 7) is 1.15. The molecule has 1 N–H and O–H groups in total. The summed E-state index contributed by atoms with van der Waals surface area (Å²) in [6, 6.07) is 23.8. The first-order valence-corrected chi connectivity index (χ1v) is 8.65. The third-order valence-corrected chi connectivity index (χ3v) is 4.40. The SMILES string of the molecule is O=C(NCCn1cc(-c2ccccc2)cn1)c1cccc2ccccc12. The molecule has 3 aromatic carbocycles. The Hall–Kier alpha value is -3.40. The second-order valence-electron chi connectivity index (χ2n) is 6.14. The van der Waals surface area contributed by atoms with Crippen LogP contribution in [0.25, 0.3) is 21.9 Å². The van der Waals surface area contributed by atoms with E-state index in [0.29, 0.717) is 18.7 Å². The van der Waals surface area contributed by atoms with Gasteiger partial charge in [-0.05, 0) is 22.4 Å². The highest BCUT2D eigenvalue weighted by Gasteiger charge is 2.09. The topological polar surface area (TPSA) is 46.9 Å². The minimum absolute atomic E-state index is 0.0581. The Morgan fingerprint density at radius 2 is 1.65 bits per heavy atom. The molecule has 1 amide bonds. The van der Waals surface area contributed by atoms with Gasteiger partial charge < -0.3 is 5.32 Å². The molecule has 0 aliphatic heterocycles. The monoisotopic (exact) mass is 341 g/mol. The van der Waals surface area contributed by atoms with Crippen molar-refractivity contribution in [3.63, 3.8) is 0 Å². The number of aromatic nitrogens is 2. The average Bonchev–Trinajstić information content (AvgIpc) is 3.17. The Kier molecular flexibility index (Phi) is 4.48. The number of benzene rings is 3. The summed E-state index contributed by atoms with van der Waals surface area (Å²) in [4.78, 5) is 12.5. The van der Waals surface area contributed by atoms with Crippen molar-refractivity contribution in [1.29, 1.82) is 0 Å². The van der Waals surface area contributed by atoms with Crippen LogP contribution < -0.4 is 5.32 Å². The maximum absolute atomic E-state index is 12.5. The second kappa shape index (κ2) is 7.23. The molecule has 0 radical (unpaired) electrons. The van der Waals surface area contributed by atoms with Crippen LogP contribution in [0.15, 0.2) is 85.2 Å². The van der Waals surface area contributed by atoms with E-state index in [1.807, 2.05) is 77.7 Å². The number of hydrogen-bond acceptors (Lipinski definition) is 2. The highest BCUT2D eigenvalue weighted by atomic mass is 16.1. The molecule has 4 rings (SSSR count). The smallest absolute Gasteiger partial charge is 0.251 e. The fraction of sp³-hybridized carbons (Fsp3) is 0.0909. The van der Waals surface area contributed by atoms with Gasteiger partial charge in [-0.15, -0.1) is 0 Å². The molecule has 0 aliphatic rings. The molecule has 128 valence electrons. The Morgan fingerprint density at radius 1 is 0.885 bits per heavy atom. The molecule has 0 saturated carbocycles. The van der Waals surface area contributed by atoms with Crippen LogP contribution in [0.2, 0.25) is 0 Å². The predicted octanol–water partition coefficient (Wildman–Crippen LogP) is 4.13. The third-order valence-electron chi connectivity index (χ3n) is 4.40.